The molecule has 0 aliphatic carbocycles. The summed E-state index contributed by atoms with van der Waals surface area (Å²) >= 11 is 0. The van der Waals surface area contributed by atoms with E-state index in [1.807, 2.05) is 0 Å². The molecule has 0 bridgehead atoms. The summed E-state index contributed by atoms with van der Waals surface area (Å²) in [6.07, 6.45) is 2.25. The van der Waals surface area contributed by atoms with Gasteiger partial charge in [0.15, 0.2) is 0 Å². The highest BCUT2D eigenvalue weighted by Gasteiger charge is 2.24. The summed E-state index contributed by atoms with van der Waals surface area (Å²) in [7, 11) is 1.34. The van der Waals surface area contributed by atoms with Crippen molar-refractivity contribution in [1.82, 2.24) is 25.1 Å². The number of carbonyl (C=O) groups is 1. The smallest absolute Gasteiger partial charge is 0.354 e. The molecule has 0 atom stereocenters. The minimum Gasteiger partial charge on any atom is -0.464 e. The molecule has 3 aromatic rings. The minimum absolute atomic E-state index is 0.102. The van der Waals surface area contributed by atoms with Crippen molar-refractivity contribution in [2.45, 2.75) is 19.6 Å². The van der Waals surface area contributed by atoms with Crippen LogP contribution in [-0.2, 0) is 24.3 Å². The van der Waals surface area contributed by atoms with Crippen molar-refractivity contribution >= 4 is 22.8 Å². The van der Waals surface area contributed by atoms with Crippen LogP contribution in [0.2, 0.25) is 0 Å². The molecule has 124 valence electrons. The van der Waals surface area contributed by atoms with Crippen LogP contribution in [0.5, 0.6) is 0 Å². The number of ether oxygens (including phenoxy) is 1. The SMILES string of the molecule is COC(=O)c1cc2c(N3CCc4[nH]nc(CO)c4C3)ncnc2[nH]1. The fourth-order valence-corrected chi connectivity index (χ4v) is 3.06. The van der Waals surface area contributed by atoms with E-state index in [1.165, 1.54) is 13.4 Å². The number of aromatic nitrogens is 5. The number of rotatable bonds is 3. The second-order valence-electron chi connectivity index (χ2n) is 5.59. The number of esters is 1. The maximum atomic E-state index is 11.7. The molecule has 0 amide bonds. The summed E-state index contributed by atoms with van der Waals surface area (Å²) in [5, 5.41) is 17.3. The van der Waals surface area contributed by atoms with Crippen molar-refractivity contribution in [3.63, 3.8) is 0 Å². The summed E-state index contributed by atoms with van der Waals surface area (Å²) in [6.45, 7) is 1.24. The largest absolute Gasteiger partial charge is 0.464 e. The number of hydrogen-bond donors (Lipinski definition) is 3. The number of methoxy groups -OCH3 is 1. The molecule has 9 heteroatoms. The fraction of sp³-hybridized carbons (Fsp3) is 0.333. The van der Waals surface area contributed by atoms with Gasteiger partial charge in [0.25, 0.3) is 0 Å². The van der Waals surface area contributed by atoms with Gasteiger partial charge in [-0.25, -0.2) is 14.8 Å². The average Bonchev–Trinajstić information content (AvgIpc) is 3.23. The van der Waals surface area contributed by atoms with Gasteiger partial charge >= 0.3 is 5.97 Å². The number of anilines is 1. The molecule has 4 rings (SSSR count). The van der Waals surface area contributed by atoms with Crippen molar-refractivity contribution in [3.8, 4) is 0 Å². The van der Waals surface area contributed by atoms with Crippen LogP contribution in [0, 0.1) is 0 Å². The number of nitrogens with zero attached hydrogens (tertiary/aromatic N) is 4. The normalized spacial score (nSPS) is 14.0. The molecular weight excluding hydrogens is 312 g/mol. The zero-order valence-corrected chi connectivity index (χ0v) is 13.0. The molecule has 0 fully saturated rings. The molecule has 24 heavy (non-hydrogen) atoms. The zero-order chi connectivity index (χ0) is 16.7. The molecular formula is C15H16N6O3. The van der Waals surface area contributed by atoms with Crippen LogP contribution in [0.15, 0.2) is 12.4 Å². The van der Waals surface area contributed by atoms with E-state index in [0.29, 0.717) is 23.6 Å². The summed E-state index contributed by atoms with van der Waals surface area (Å²) < 4.78 is 4.75. The molecule has 0 radical (unpaired) electrons. The molecule has 1 aliphatic heterocycles. The maximum absolute atomic E-state index is 11.7. The number of aromatic amines is 2. The zero-order valence-electron chi connectivity index (χ0n) is 13.0. The summed E-state index contributed by atoms with van der Waals surface area (Å²) in [4.78, 5) is 25.3. The summed E-state index contributed by atoms with van der Waals surface area (Å²) in [5.74, 6) is 0.291. The second kappa shape index (κ2) is 5.60. The molecule has 0 unspecified atom stereocenters. The first-order valence-electron chi connectivity index (χ1n) is 7.54. The van der Waals surface area contributed by atoms with Crippen LogP contribution in [0.4, 0.5) is 5.82 Å². The lowest BCUT2D eigenvalue weighted by atomic mass is 10.1. The monoisotopic (exact) mass is 328 g/mol. The number of hydrogen-bond acceptors (Lipinski definition) is 7. The Labute approximate surface area is 136 Å². The van der Waals surface area contributed by atoms with Gasteiger partial charge in [-0.2, -0.15) is 5.10 Å². The highest BCUT2D eigenvalue weighted by atomic mass is 16.5. The van der Waals surface area contributed by atoms with Gasteiger partial charge in [-0.1, -0.05) is 0 Å². The third-order valence-corrected chi connectivity index (χ3v) is 4.28. The van der Waals surface area contributed by atoms with E-state index in [4.69, 9.17) is 4.74 Å². The van der Waals surface area contributed by atoms with E-state index < -0.39 is 5.97 Å². The topological polar surface area (TPSA) is 120 Å². The molecule has 3 N–H and O–H groups in total. The summed E-state index contributed by atoms with van der Waals surface area (Å²) in [6, 6.07) is 1.70. The Morgan fingerprint density at radius 2 is 2.33 bits per heavy atom. The van der Waals surface area contributed by atoms with E-state index >= 15 is 0 Å². The average molecular weight is 328 g/mol. The highest BCUT2D eigenvalue weighted by Crippen LogP contribution is 2.29. The predicted octanol–water partition coefficient (Wildman–Crippen LogP) is 0.523. The van der Waals surface area contributed by atoms with Gasteiger partial charge in [-0.15, -0.1) is 0 Å². The van der Waals surface area contributed by atoms with E-state index in [0.717, 1.165) is 35.4 Å². The number of H-pyrrole nitrogens is 2. The Morgan fingerprint density at radius 1 is 1.46 bits per heavy atom. The first kappa shape index (κ1) is 14.6. The van der Waals surface area contributed by atoms with E-state index in [1.54, 1.807) is 6.07 Å². The van der Waals surface area contributed by atoms with Gasteiger partial charge < -0.3 is 19.7 Å². The number of aliphatic hydroxyl groups excluding tert-OH is 1. The Balaban J connectivity index is 1.74. The van der Waals surface area contributed by atoms with Gasteiger partial charge in [0.2, 0.25) is 0 Å². The quantitative estimate of drug-likeness (QED) is 0.600. The van der Waals surface area contributed by atoms with Gasteiger partial charge in [-0.3, -0.25) is 5.10 Å². The van der Waals surface area contributed by atoms with Crippen molar-refractivity contribution < 1.29 is 14.6 Å². The fourth-order valence-electron chi connectivity index (χ4n) is 3.06. The first-order chi connectivity index (χ1) is 11.7. The third-order valence-electron chi connectivity index (χ3n) is 4.28. The highest BCUT2D eigenvalue weighted by molar-refractivity contribution is 5.97. The third kappa shape index (κ3) is 2.21. The van der Waals surface area contributed by atoms with Crippen molar-refractivity contribution in [1.29, 1.82) is 0 Å². The Bertz CT molecular complexity index is 902. The van der Waals surface area contributed by atoms with Crippen molar-refractivity contribution in [2.75, 3.05) is 18.6 Å². The van der Waals surface area contributed by atoms with Gasteiger partial charge in [0.05, 0.1) is 24.8 Å². The van der Waals surface area contributed by atoms with E-state index in [9.17, 15) is 9.90 Å². The number of nitrogens with one attached hydrogen (secondary N) is 2. The number of fused-ring (bicyclic) bond motifs is 2. The van der Waals surface area contributed by atoms with Crippen LogP contribution < -0.4 is 4.90 Å². The molecule has 0 aromatic carbocycles. The van der Waals surface area contributed by atoms with Gasteiger partial charge in [-0.05, 0) is 6.07 Å². The minimum atomic E-state index is -0.447. The van der Waals surface area contributed by atoms with Crippen LogP contribution in [0.3, 0.4) is 0 Å². The number of aliphatic hydroxyl groups is 1. The lowest BCUT2D eigenvalue weighted by Crippen LogP contribution is -2.31. The first-order valence-corrected chi connectivity index (χ1v) is 7.54. The van der Waals surface area contributed by atoms with Crippen molar-refractivity contribution in [2.24, 2.45) is 0 Å². The van der Waals surface area contributed by atoms with Crippen LogP contribution in [0.1, 0.15) is 27.4 Å². The van der Waals surface area contributed by atoms with E-state index in [2.05, 4.69) is 30.0 Å². The molecule has 0 spiro atoms. The van der Waals surface area contributed by atoms with Crippen LogP contribution >= 0.6 is 0 Å². The second-order valence-corrected chi connectivity index (χ2v) is 5.59. The Kier molecular flexibility index (Phi) is 3.42. The van der Waals surface area contributed by atoms with Crippen LogP contribution in [0.25, 0.3) is 11.0 Å². The summed E-state index contributed by atoms with van der Waals surface area (Å²) in [5.41, 5.74) is 3.63. The molecule has 4 heterocycles. The molecule has 9 nitrogen and oxygen atoms in total. The maximum Gasteiger partial charge on any atom is 0.354 e. The van der Waals surface area contributed by atoms with Gasteiger partial charge in [0, 0.05) is 30.8 Å². The standard InChI is InChI=1S/C15H16N6O3/c1-24-15(23)11-4-8-13(18-11)16-7-17-14(8)21-3-2-10-9(5-21)12(6-22)20-19-10/h4,7,22H,2-3,5-6H2,1H3,(H,19,20)(H,16,17,18). The molecule has 0 saturated heterocycles. The Hall–Kier alpha value is -2.94. The van der Waals surface area contributed by atoms with E-state index in [-0.39, 0.29) is 6.61 Å². The van der Waals surface area contributed by atoms with Crippen LogP contribution in [-0.4, -0.2) is 49.9 Å². The van der Waals surface area contributed by atoms with Crippen molar-refractivity contribution in [3.05, 3.63) is 35.0 Å². The molecule has 3 aromatic heterocycles. The lowest BCUT2D eigenvalue weighted by molar-refractivity contribution is 0.0595. The lowest BCUT2D eigenvalue weighted by Gasteiger charge is -2.28. The van der Waals surface area contributed by atoms with Gasteiger partial charge in [0.1, 0.15) is 23.5 Å². The Morgan fingerprint density at radius 3 is 3.12 bits per heavy atom. The predicted molar refractivity (Wildman–Crippen MR) is 84.5 cm³/mol. The molecule has 1 aliphatic rings. The number of carbonyl (C=O) groups excluding carboxylic acids is 1. The molecule has 0 saturated carbocycles.